The first-order chi connectivity index (χ1) is 17.0. The lowest BCUT2D eigenvalue weighted by Crippen LogP contribution is -2.56. The van der Waals surface area contributed by atoms with E-state index in [1.165, 1.54) is 95.7 Å². The first-order valence-electron chi connectivity index (χ1n) is 15.0. The van der Waals surface area contributed by atoms with E-state index in [4.69, 9.17) is 9.47 Å². The Morgan fingerprint density at radius 1 is 0.829 bits per heavy atom. The molecule has 0 spiro atoms. The highest BCUT2D eigenvalue weighted by Crippen LogP contribution is 2.71. The molecule has 5 aliphatic rings. The molecule has 1 aromatic carbocycles. The Bertz CT molecular complexity index is 878. The normalized spacial score (nSPS) is 43.4. The predicted octanol–water partition coefficient (Wildman–Crippen LogP) is 7.44. The third kappa shape index (κ3) is 3.81. The van der Waals surface area contributed by atoms with E-state index in [0.29, 0.717) is 5.41 Å². The molecule has 0 bridgehead atoms. The molecule has 4 saturated carbocycles. The van der Waals surface area contributed by atoms with Crippen molar-refractivity contribution < 1.29 is 9.47 Å². The van der Waals surface area contributed by atoms with Gasteiger partial charge in [0.1, 0.15) is 5.75 Å². The third-order valence-corrected chi connectivity index (χ3v) is 12.2. The Morgan fingerprint density at radius 3 is 2.37 bits per heavy atom. The summed E-state index contributed by atoms with van der Waals surface area (Å²) in [4.78, 5) is 2.61. The lowest BCUT2D eigenvalue weighted by atomic mass is 9.44. The van der Waals surface area contributed by atoms with Gasteiger partial charge in [-0.3, -0.25) is 0 Å². The molecule has 6 rings (SSSR count). The molecule has 1 heterocycles. The highest BCUT2D eigenvalue weighted by molar-refractivity contribution is 5.35. The number of nitrogens with zero attached hydrogens (tertiary/aromatic N) is 1. The van der Waals surface area contributed by atoms with Crippen molar-refractivity contribution in [1.82, 2.24) is 4.90 Å². The van der Waals surface area contributed by atoms with E-state index in [-0.39, 0.29) is 11.0 Å². The van der Waals surface area contributed by atoms with Crippen LogP contribution in [0, 0.1) is 34.5 Å². The summed E-state index contributed by atoms with van der Waals surface area (Å²) < 4.78 is 12.7. The van der Waals surface area contributed by atoms with Crippen LogP contribution in [0.2, 0.25) is 0 Å². The molecule has 0 radical (unpaired) electrons. The summed E-state index contributed by atoms with van der Waals surface area (Å²) in [5, 5.41) is 0. The highest BCUT2D eigenvalue weighted by Gasteiger charge is 2.65. The average Bonchev–Trinajstić information content (AvgIpc) is 3.50. The first-order valence-corrected chi connectivity index (χ1v) is 15.0. The zero-order valence-corrected chi connectivity index (χ0v) is 22.7. The van der Waals surface area contributed by atoms with Crippen molar-refractivity contribution in [2.75, 3.05) is 33.4 Å². The maximum atomic E-state index is 7.21. The van der Waals surface area contributed by atoms with Crippen LogP contribution < -0.4 is 4.74 Å². The van der Waals surface area contributed by atoms with Crippen molar-refractivity contribution in [1.29, 1.82) is 0 Å². The van der Waals surface area contributed by atoms with Crippen LogP contribution in [-0.4, -0.2) is 38.3 Å². The molecule has 194 valence electrons. The summed E-state index contributed by atoms with van der Waals surface area (Å²) in [7, 11) is 1.77. The fourth-order valence-corrected chi connectivity index (χ4v) is 10.3. The molecule has 7 atom stereocenters. The molecule has 0 amide bonds. The second-order valence-electron chi connectivity index (χ2n) is 13.4. The van der Waals surface area contributed by atoms with Crippen LogP contribution in [0.15, 0.2) is 24.3 Å². The topological polar surface area (TPSA) is 21.7 Å². The summed E-state index contributed by atoms with van der Waals surface area (Å²) in [6, 6.07) is 8.98. The van der Waals surface area contributed by atoms with Gasteiger partial charge in [-0.15, -0.1) is 0 Å². The minimum Gasteiger partial charge on any atom is -0.497 e. The predicted molar refractivity (Wildman–Crippen MR) is 143 cm³/mol. The van der Waals surface area contributed by atoms with E-state index in [1.807, 2.05) is 0 Å². The number of likely N-dealkylation sites (tertiary alicyclic amines) is 1. The van der Waals surface area contributed by atoms with Crippen LogP contribution in [-0.2, 0) is 10.3 Å². The molecule has 4 aliphatic carbocycles. The Morgan fingerprint density at radius 2 is 1.60 bits per heavy atom. The molecule has 0 aromatic heterocycles. The van der Waals surface area contributed by atoms with Gasteiger partial charge in [0.25, 0.3) is 0 Å². The van der Waals surface area contributed by atoms with Crippen molar-refractivity contribution in [3.63, 3.8) is 0 Å². The van der Waals surface area contributed by atoms with Crippen molar-refractivity contribution in [2.45, 2.75) is 96.5 Å². The number of hydrogen-bond donors (Lipinski definition) is 0. The van der Waals surface area contributed by atoms with Crippen LogP contribution in [0.4, 0.5) is 0 Å². The summed E-state index contributed by atoms with van der Waals surface area (Å²) in [5.41, 5.74) is 2.08. The van der Waals surface area contributed by atoms with E-state index >= 15 is 0 Å². The van der Waals surface area contributed by atoms with E-state index < -0.39 is 0 Å². The van der Waals surface area contributed by atoms with E-state index in [0.717, 1.165) is 42.6 Å². The van der Waals surface area contributed by atoms with E-state index in [2.05, 4.69) is 43.0 Å². The third-order valence-electron chi connectivity index (χ3n) is 12.2. The molecule has 5 fully saturated rings. The molecule has 1 aromatic rings. The second kappa shape index (κ2) is 9.35. The minimum absolute atomic E-state index is 0.154. The lowest BCUT2D eigenvalue weighted by Gasteiger charge is -2.61. The fourth-order valence-electron chi connectivity index (χ4n) is 10.3. The van der Waals surface area contributed by atoms with Crippen molar-refractivity contribution in [3.05, 3.63) is 29.8 Å². The van der Waals surface area contributed by atoms with Crippen molar-refractivity contribution >= 4 is 0 Å². The molecule has 1 aliphatic heterocycles. The highest BCUT2D eigenvalue weighted by atomic mass is 16.5. The number of benzene rings is 1. The van der Waals surface area contributed by atoms with Gasteiger partial charge in [-0.1, -0.05) is 38.8 Å². The first kappa shape index (κ1) is 24.3. The molecule has 1 saturated heterocycles. The standard InChI is InChI=1S/C32H49NO2/c1-30-17-5-4-8-24(30)11-14-27-28(30)15-18-31(2)29(27)16-19-32(31,25-9-12-26(34-3)13-10-25)35-23-22-33-20-6-7-21-33/h9-10,12-13,24,27-29H,4-8,11,14-23H2,1-3H3/t24-,27-,28+,29+,30+,31+,32+/m1/s1. The van der Waals surface area contributed by atoms with Gasteiger partial charge in [0, 0.05) is 12.0 Å². The Labute approximate surface area is 214 Å². The Kier molecular flexibility index (Phi) is 6.49. The van der Waals surface area contributed by atoms with Gasteiger partial charge >= 0.3 is 0 Å². The van der Waals surface area contributed by atoms with Gasteiger partial charge in [-0.25, -0.2) is 0 Å². The minimum atomic E-state index is -0.154. The molecule has 35 heavy (non-hydrogen) atoms. The van der Waals surface area contributed by atoms with E-state index in [9.17, 15) is 0 Å². The summed E-state index contributed by atoms with van der Waals surface area (Å²) in [6.45, 7) is 9.79. The molecular weight excluding hydrogens is 430 g/mol. The maximum absolute atomic E-state index is 7.21. The molecular formula is C32H49NO2. The quantitative estimate of drug-likeness (QED) is 0.423. The van der Waals surface area contributed by atoms with Gasteiger partial charge in [-0.05, 0) is 124 Å². The Hall–Kier alpha value is -1.06. The van der Waals surface area contributed by atoms with Crippen LogP contribution >= 0.6 is 0 Å². The molecule has 0 unspecified atom stereocenters. The average molecular weight is 480 g/mol. The summed E-state index contributed by atoms with van der Waals surface area (Å²) in [5.74, 6) is 4.58. The van der Waals surface area contributed by atoms with Gasteiger partial charge in [0.15, 0.2) is 0 Å². The van der Waals surface area contributed by atoms with Crippen LogP contribution in [0.1, 0.15) is 96.5 Å². The molecule has 3 nitrogen and oxygen atoms in total. The van der Waals surface area contributed by atoms with Gasteiger partial charge in [0.2, 0.25) is 0 Å². The number of ether oxygens (including phenoxy) is 2. The smallest absolute Gasteiger partial charge is 0.118 e. The largest absolute Gasteiger partial charge is 0.497 e. The zero-order chi connectivity index (χ0) is 24.1. The number of methoxy groups -OCH3 is 1. The number of fused-ring (bicyclic) bond motifs is 5. The number of hydrogen-bond acceptors (Lipinski definition) is 3. The number of rotatable bonds is 6. The Balaban J connectivity index is 1.30. The van der Waals surface area contributed by atoms with Gasteiger partial charge < -0.3 is 14.4 Å². The monoisotopic (exact) mass is 479 g/mol. The van der Waals surface area contributed by atoms with Crippen molar-refractivity contribution in [3.8, 4) is 5.75 Å². The SMILES string of the molecule is COc1ccc([C@@]2(OCCN3CCCC3)CC[C@H]3[C@@H]4CC[C@H]5CCCC[C@]5(C)[C@H]4CC[C@@]32C)cc1. The zero-order valence-electron chi connectivity index (χ0n) is 22.7. The maximum Gasteiger partial charge on any atom is 0.118 e. The van der Waals surface area contributed by atoms with Crippen molar-refractivity contribution in [2.24, 2.45) is 34.5 Å². The summed E-state index contributed by atoms with van der Waals surface area (Å²) >= 11 is 0. The van der Waals surface area contributed by atoms with Crippen LogP contribution in [0.25, 0.3) is 0 Å². The fraction of sp³-hybridized carbons (Fsp3) is 0.812. The second-order valence-corrected chi connectivity index (χ2v) is 13.4. The lowest BCUT2D eigenvalue weighted by molar-refractivity contribution is -0.179. The molecule has 0 N–H and O–H groups in total. The van der Waals surface area contributed by atoms with Crippen LogP contribution in [0.3, 0.4) is 0 Å². The molecule has 3 heteroatoms. The summed E-state index contributed by atoms with van der Waals surface area (Å²) in [6.07, 6.45) is 16.9. The van der Waals surface area contributed by atoms with Gasteiger partial charge in [0.05, 0.1) is 19.3 Å². The van der Waals surface area contributed by atoms with Gasteiger partial charge in [-0.2, -0.15) is 0 Å². The van der Waals surface area contributed by atoms with Crippen LogP contribution in [0.5, 0.6) is 5.75 Å². The van der Waals surface area contributed by atoms with E-state index in [1.54, 1.807) is 7.11 Å².